The van der Waals surface area contributed by atoms with E-state index in [-0.39, 0.29) is 0 Å². The van der Waals surface area contributed by atoms with Crippen LogP contribution in [0.1, 0.15) is 11.1 Å². The van der Waals surface area contributed by atoms with E-state index in [0.717, 1.165) is 53.1 Å². The van der Waals surface area contributed by atoms with Gasteiger partial charge in [-0.2, -0.15) is 15.9 Å². The van der Waals surface area contributed by atoms with Gasteiger partial charge in [-0.25, -0.2) is 0 Å². The third-order valence-corrected chi connectivity index (χ3v) is 6.14. The van der Waals surface area contributed by atoms with Gasteiger partial charge in [0.2, 0.25) is 0 Å². The van der Waals surface area contributed by atoms with Crippen molar-refractivity contribution in [3.05, 3.63) is 76.5 Å². The van der Waals surface area contributed by atoms with E-state index in [1.807, 2.05) is 4.52 Å². The molecule has 6 rings (SSSR count). The van der Waals surface area contributed by atoms with E-state index in [4.69, 9.17) is 5.10 Å². The average Bonchev–Trinajstić information content (AvgIpc) is 3.42. The second-order valence-electron chi connectivity index (χ2n) is 7.08. The number of aromatic nitrogens is 4. The zero-order valence-electron chi connectivity index (χ0n) is 15.1. The van der Waals surface area contributed by atoms with Crippen LogP contribution in [0.2, 0.25) is 0 Å². The largest absolute Gasteiger partial charge is 0.350 e. The van der Waals surface area contributed by atoms with E-state index in [1.54, 1.807) is 11.3 Å². The Morgan fingerprint density at radius 2 is 1.68 bits per heavy atom. The quantitative estimate of drug-likeness (QED) is 0.448. The third-order valence-electron chi connectivity index (χ3n) is 5.45. The molecule has 5 aromatic rings. The zero-order chi connectivity index (χ0) is 18.5. The number of rotatable bonds is 2. The monoisotopic (exact) mass is 383 g/mol. The molecule has 0 unspecified atom stereocenters. The van der Waals surface area contributed by atoms with Crippen LogP contribution in [0.4, 0.5) is 5.82 Å². The Morgan fingerprint density at radius 1 is 0.857 bits per heavy atom. The Bertz CT molecular complexity index is 1310. The topological polar surface area (TPSA) is 46.3 Å². The van der Waals surface area contributed by atoms with Crippen LogP contribution < -0.4 is 4.90 Å². The second-order valence-corrected chi connectivity index (χ2v) is 7.86. The fraction of sp³-hybridized carbons (Fsp3) is 0.136. The molecule has 1 aliphatic rings. The van der Waals surface area contributed by atoms with Gasteiger partial charge >= 0.3 is 0 Å². The van der Waals surface area contributed by atoms with E-state index < -0.39 is 0 Å². The lowest BCUT2D eigenvalue weighted by Gasteiger charge is -2.30. The molecular formula is C22H17N5S. The molecule has 0 amide bonds. The summed E-state index contributed by atoms with van der Waals surface area (Å²) in [7, 11) is 0. The third kappa shape index (κ3) is 2.34. The van der Waals surface area contributed by atoms with Crippen LogP contribution in [0.3, 0.4) is 0 Å². The smallest absolute Gasteiger partial charge is 0.186 e. The molecule has 3 aromatic heterocycles. The van der Waals surface area contributed by atoms with E-state index in [1.165, 1.54) is 11.1 Å². The number of hydrogen-bond acceptors (Lipinski definition) is 5. The van der Waals surface area contributed by atoms with Crippen LogP contribution in [0.15, 0.2) is 65.4 Å². The number of benzene rings is 2. The van der Waals surface area contributed by atoms with Crippen LogP contribution in [0.5, 0.6) is 0 Å². The minimum Gasteiger partial charge on any atom is -0.350 e. The summed E-state index contributed by atoms with van der Waals surface area (Å²) in [6, 6.07) is 19.1. The lowest BCUT2D eigenvalue weighted by molar-refractivity contribution is 0.712. The number of hydrogen-bond donors (Lipinski definition) is 0. The van der Waals surface area contributed by atoms with Gasteiger partial charge in [0.25, 0.3) is 0 Å². The Kier molecular flexibility index (Phi) is 3.46. The van der Waals surface area contributed by atoms with Crippen molar-refractivity contribution in [3.63, 3.8) is 0 Å². The summed E-state index contributed by atoms with van der Waals surface area (Å²) in [6.45, 7) is 1.82. The summed E-state index contributed by atoms with van der Waals surface area (Å²) in [5.41, 5.74) is 4.67. The summed E-state index contributed by atoms with van der Waals surface area (Å²) in [5.74, 6) is 1.79. The normalized spacial score (nSPS) is 13.9. The predicted octanol–water partition coefficient (Wildman–Crippen LogP) is 4.57. The standard InChI is InChI=1S/C22H17N5S/c1-2-6-16-13-26(11-9-15(16)5-1)22-19-8-4-3-7-18(19)21-24-23-20(27(21)25-22)17-10-12-28-14-17/h1-8,10,12,14H,9,11,13H2. The van der Waals surface area contributed by atoms with Gasteiger partial charge in [-0.1, -0.05) is 48.5 Å². The van der Waals surface area contributed by atoms with Gasteiger partial charge < -0.3 is 4.90 Å². The van der Waals surface area contributed by atoms with Crippen LogP contribution in [-0.4, -0.2) is 26.4 Å². The molecule has 0 saturated heterocycles. The molecule has 136 valence electrons. The van der Waals surface area contributed by atoms with Crippen molar-refractivity contribution in [1.29, 1.82) is 0 Å². The summed E-state index contributed by atoms with van der Waals surface area (Å²) in [5, 5.41) is 20.3. The van der Waals surface area contributed by atoms with Crippen LogP contribution in [0.25, 0.3) is 27.8 Å². The Labute approximate surface area is 165 Å². The molecular weight excluding hydrogens is 366 g/mol. The van der Waals surface area contributed by atoms with Gasteiger partial charge in [0.1, 0.15) is 0 Å². The molecule has 28 heavy (non-hydrogen) atoms. The van der Waals surface area contributed by atoms with Gasteiger partial charge in [-0.3, -0.25) is 0 Å². The second kappa shape index (κ2) is 6.14. The lowest BCUT2D eigenvalue weighted by atomic mass is 9.99. The molecule has 6 heteroatoms. The highest BCUT2D eigenvalue weighted by Crippen LogP contribution is 2.32. The van der Waals surface area contributed by atoms with Crippen molar-refractivity contribution >= 4 is 33.6 Å². The summed E-state index contributed by atoms with van der Waals surface area (Å²) in [6.07, 6.45) is 1.03. The van der Waals surface area contributed by atoms with Gasteiger partial charge in [0.15, 0.2) is 17.3 Å². The lowest BCUT2D eigenvalue weighted by Crippen LogP contribution is -2.31. The maximum atomic E-state index is 5.04. The first-order valence-electron chi connectivity index (χ1n) is 9.37. The van der Waals surface area contributed by atoms with Crippen molar-refractivity contribution in [2.75, 3.05) is 11.4 Å². The first-order valence-corrected chi connectivity index (χ1v) is 10.3. The van der Waals surface area contributed by atoms with Gasteiger partial charge in [0, 0.05) is 34.8 Å². The van der Waals surface area contributed by atoms with Crippen molar-refractivity contribution in [3.8, 4) is 11.4 Å². The molecule has 0 bridgehead atoms. The Morgan fingerprint density at radius 3 is 2.54 bits per heavy atom. The molecule has 0 spiro atoms. The van der Waals surface area contributed by atoms with Crippen molar-refractivity contribution in [2.45, 2.75) is 13.0 Å². The van der Waals surface area contributed by atoms with E-state index >= 15 is 0 Å². The van der Waals surface area contributed by atoms with E-state index in [0.29, 0.717) is 0 Å². The maximum absolute atomic E-state index is 5.04. The summed E-state index contributed by atoms with van der Waals surface area (Å²) >= 11 is 1.66. The molecule has 1 aliphatic heterocycles. The molecule has 5 nitrogen and oxygen atoms in total. The zero-order valence-corrected chi connectivity index (χ0v) is 15.9. The average molecular weight is 383 g/mol. The van der Waals surface area contributed by atoms with Gasteiger partial charge in [-0.05, 0) is 29.0 Å². The number of fused-ring (bicyclic) bond motifs is 4. The first-order chi connectivity index (χ1) is 13.9. The Hall–Kier alpha value is -3.25. The maximum Gasteiger partial charge on any atom is 0.186 e. The fourth-order valence-corrected chi connectivity index (χ4v) is 4.68. The van der Waals surface area contributed by atoms with Crippen LogP contribution in [0, 0.1) is 0 Å². The first kappa shape index (κ1) is 15.8. The van der Waals surface area contributed by atoms with Crippen LogP contribution in [-0.2, 0) is 13.0 Å². The number of anilines is 1. The minimum atomic E-state index is 0.792. The fourth-order valence-electron chi connectivity index (χ4n) is 4.05. The molecule has 4 heterocycles. The van der Waals surface area contributed by atoms with Gasteiger partial charge in [0.05, 0.1) is 0 Å². The van der Waals surface area contributed by atoms with Crippen molar-refractivity contribution < 1.29 is 0 Å². The molecule has 0 saturated carbocycles. The summed E-state index contributed by atoms with van der Waals surface area (Å²) < 4.78 is 1.90. The predicted molar refractivity (Wildman–Crippen MR) is 113 cm³/mol. The SMILES string of the molecule is c1ccc2c(c1)CCN(c1nn3c(-c4ccsc4)nnc3c3ccccc13)C2. The van der Waals surface area contributed by atoms with Crippen molar-refractivity contribution in [2.24, 2.45) is 0 Å². The number of nitrogens with zero attached hydrogens (tertiary/aromatic N) is 5. The van der Waals surface area contributed by atoms with Crippen molar-refractivity contribution in [1.82, 2.24) is 19.8 Å². The highest BCUT2D eigenvalue weighted by Gasteiger charge is 2.22. The van der Waals surface area contributed by atoms with E-state index in [2.05, 4.69) is 80.5 Å². The Balaban J connectivity index is 1.58. The molecule has 0 aliphatic carbocycles. The number of thiophene rings is 1. The highest BCUT2D eigenvalue weighted by molar-refractivity contribution is 7.08. The molecule has 0 radical (unpaired) electrons. The van der Waals surface area contributed by atoms with E-state index in [9.17, 15) is 0 Å². The molecule has 0 N–H and O–H groups in total. The minimum absolute atomic E-state index is 0.792. The van der Waals surface area contributed by atoms with Gasteiger partial charge in [-0.15, -0.1) is 15.3 Å². The molecule has 2 aromatic carbocycles. The van der Waals surface area contributed by atoms with Crippen LogP contribution >= 0.6 is 11.3 Å². The molecule has 0 atom stereocenters. The molecule has 0 fully saturated rings. The highest BCUT2D eigenvalue weighted by atomic mass is 32.1. The summed E-state index contributed by atoms with van der Waals surface area (Å²) in [4.78, 5) is 2.38.